The Hall–Kier alpha value is -1.49. The molecule has 4 rings (SSSR count). The summed E-state index contributed by atoms with van der Waals surface area (Å²) in [4.78, 5) is 25.5. The van der Waals surface area contributed by atoms with Gasteiger partial charge in [0.25, 0.3) is 5.91 Å². The van der Waals surface area contributed by atoms with Crippen molar-refractivity contribution in [2.24, 2.45) is 17.8 Å². The number of carbonyl (C=O) groups excluding carboxylic acids is 2. The number of hydrogen-bond donors (Lipinski definition) is 2. The van der Waals surface area contributed by atoms with E-state index in [4.69, 9.17) is 0 Å². The molecule has 5 atom stereocenters. The third-order valence-electron chi connectivity index (χ3n) is 5.97. The zero-order chi connectivity index (χ0) is 16.8. The van der Waals surface area contributed by atoms with Crippen LogP contribution in [0.2, 0.25) is 0 Å². The van der Waals surface area contributed by atoms with Gasteiger partial charge in [0.05, 0.1) is 10.9 Å². The molecule has 24 heavy (non-hydrogen) atoms. The van der Waals surface area contributed by atoms with Crippen LogP contribution in [0.4, 0.5) is 5.69 Å². The number of benzene rings is 1. The van der Waals surface area contributed by atoms with Gasteiger partial charge in [-0.15, -0.1) is 11.8 Å². The summed E-state index contributed by atoms with van der Waals surface area (Å²) in [5.74, 6) is 2.27. The fourth-order valence-corrected chi connectivity index (χ4v) is 5.58. The molecule has 2 amide bonds. The zero-order valence-corrected chi connectivity index (χ0v) is 15.0. The third kappa shape index (κ3) is 2.83. The van der Waals surface area contributed by atoms with Gasteiger partial charge in [-0.05, 0) is 69.1 Å². The molecule has 1 aliphatic heterocycles. The molecule has 1 heterocycles. The van der Waals surface area contributed by atoms with Crippen LogP contribution in [0.15, 0.2) is 23.1 Å². The average Bonchev–Trinajstić information content (AvgIpc) is 3.18. The zero-order valence-electron chi connectivity index (χ0n) is 14.2. The summed E-state index contributed by atoms with van der Waals surface area (Å²) in [5, 5.41) is 6.00. The molecule has 0 radical (unpaired) electrons. The predicted octanol–water partition coefficient (Wildman–Crippen LogP) is 3.67. The number of carbonyl (C=O) groups is 2. The molecule has 5 heteroatoms. The molecular formula is C19H24N2O2S. The highest BCUT2D eigenvalue weighted by atomic mass is 32.2. The molecule has 4 nitrogen and oxygen atoms in total. The Labute approximate surface area is 147 Å². The van der Waals surface area contributed by atoms with E-state index >= 15 is 0 Å². The molecule has 2 bridgehead atoms. The molecule has 0 unspecified atom stereocenters. The normalized spacial score (nSPS) is 32.2. The lowest BCUT2D eigenvalue weighted by Gasteiger charge is -2.28. The number of amides is 2. The van der Waals surface area contributed by atoms with Crippen molar-refractivity contribution in [3.63, 3.8) is 0 Å². The lowest BCUT2D eigenvalue weighted by Crippen LogP contribution is -2.40. The van der Waals surface area contributed by atoms with Crippen molar-refractivity contribution in [2.75, 3.05) is 5.32 Å². The van der Waals surface area contributed by atoms with Gasteiger partial charge >= 0.3 is 0 Å². The summed E-state index contributed by atoms with van der Waals surface area (Å²) >= 11 is 1.54. The maximum Gasteiger partial charge on any atom is 0.251 e. The fourth-order valence-electron chi connectivity index (χ4n) is 4.65. The Bertz CT molecular complexity index is 690. The highest BCUT2D eigenvalue weighted by molar-refractivity contribution is 8.00. The van der Waals surface area contributed by atoms with E-state index < -0.39 is 0 Å². The summed E-state index contributed by atoms with van der Waals surface area (Å²) in [7, 11) is 0. The molecule has 0 spiro atoms. The third-order valence-corrected chi connectivity index (χ3v) is 7.14. The van der Waals surface area contributed by atoms with Crippen LogP contribution in [-0.4, -0.2) is 23.1 Å². The first kappa shape index (κ1) is 16.0. The summed E-state index contributed by atoms with van der Waals surface area (Å²) in [6.45, 7) is 4.03. The largest absolute Gasteiger partial charge is 0.349 e. The van der Waals surface area contributed by atoms with Crippen molar-refractivity contribution >= 4 is 29.3 Å². The van der Waals surface area contributed by atoms with Gasteiger partial charge in [0.15, 0.2) is 0 Å². The summed E-state index contributed by atoms with van der Waals surface area (Å²) in [6, 6.07) is 5.81. The summed E-state index contributed by atoms with van der Waals surface area (Å²) in [5.41, 5.74) is 1.38. The van der Waals surface area contributed by atoms with E-state index in [-0.39, 0.29) is 23.1 Å². The molecule has 2 aliphatic carbocycles. The van der Waals surface area contributed by atoms with Crippen LogP contribution >= 0.6 is 11.8 Å². The number of thioether (sulfide) groups is 1. The van der Waals surface area contributed by atoms with E-state index in [1.807, 2.05) is 19.1 Å². The monoisotopic (exact) mass is 344 g/mol. The van der Waals surface area contributed by atoms with Crippen molar-refractivity contribution in [3.8, 4) is 0 Å². The van der Waals surface area contributed by atoms with Crippen molar-refractivity contribution < 1.29 is 9.59 Å². The van der Waals surface area contributed by atoms with Gasteiger partial charge in [-0.3, -0.25) is 9.59 Å². The fraction of sp³-hybridized carbons (Fsp3) is 0.579. The number of anilines is 1. The van der Waals surface area contributed by atoms with Gasteiger partial charge in [0.2, 0.25) is 5.91 Å². The maximum atomic E-state index is 12.6. The topological polar surface area (TPSA) is 58.2 Å². The lowest BCUT2D eigenvalue weighted by molar-refractivity contribution is -0.115. The van der Waals surface area contributed by atoms with E-state index in [1.54, 1.807) is 6.07 Å². The minimum atomic E-state index is -0.0880. The average molecular weight is 344 g/mol. The Morgan fingerprint density at radius 3 is 2.88 bits per heavy atom. The van der Waals surface area contributed by atoms with Crippen LogP contribution in [-0.2, 0) is 4.79 Å². The predicted molar refractivity (Wildman–Crippen MR) is 96.3 cm³/mol. The SMILES string of the molecule is C[C@@H]1Sc2ccc(C(=O)N[C@H](C)[C@@H]3C[C@H]4CC[C@H]3C4)cc2NC1=O. The highest BCUT2D eigenvalue weighted by Crippen LogP contribution is 2.49. The van der Waals surface area contributed by atoms with E-state index in [2.05, 4.69) is 17.6 Å². The summed E-state index contributed by atoms with van der Waals surface area (Å²) in [6.07, 6.45) is 5.32. The minimum absolute atomic E-state index is 0.000377. The van der Waals surface area contributed by atoms with Gasteiger partial charge in [-0.1, -0.05) is 6.42 Å². The molecule has 0 saturated heterocycles. The highest BCUT2D eigenvalue weighted by Gasteiger charge is 2.42. The molecule has 128 valence electrons. The van der Waals surface area contributed by atoms with E-state index in [0.29, 0.717) is 11.5 Å². The second kappa shape index (κ2) is 6.10. The maximum absolute atomic E-state index is 12.6. The first-order valence-electron chi connectivity index (χ1n) is 8.93. The minimum Gasteiger partial charge on any atom is -0.349 e. The Kier molecular flexibility index (Phi) is 4.07. The first-order chi connectivity index (χ1) is 11.5. The smallest absolute Gasteiger partial charge is 0.251 e. The molecular weight excluding hydrogens is 320 g/mol. The number of rotatable bonds is 3. The van der Waals surface area contributed by atoms with Crippen molar-refractivity contribution in [3.05, 3.63) is 23.8 Å². The van der Waals surface area contributed by atoms with E-state index in [9.17, 15) is 9.59 Å². The van der Waals surface area contributed by atoms with E-state index in [1.165, 1.54) is 37.4 Å². The van der Waals surface area contributed by atoms with Crippen molar-refractivity contribution in [2.45, 2.75) is 55.7 Å². The summed E-state index contributed by atoms with van der Waals surface area (Å²) < 4.78 is 0. The quantitative estimate of drug-likeness (QED) is 0.879. The molecule has 1 aromatic carbocycles. The Balaban J connectivity index is 1.45. The number of fused-ring (bicyclic) bond motifs is 3. The van der Waals surface area contributed by atoms with Gasteiger partial charge < -0.3 is 10.6 Å². The lowest BCUT2D eigenvalue weighted by atomic mass is 9.84. The first-order valence-corrected chi connectivity index (χ1v) is 9.81. The van der Waals surface area contributed by atoms with Gasteiger partial charge in [-0.25, -0.2) is 0 Å². The molecule has 1 aromatic rings. The van der Waals surface area contributed by atoms with Gasteiger partial charge in [-0.2, -0.15) is 0 Å². The Morgan fingerprint density at radius 2 is 2.17 bits per heavy atom. The van der Waals surface area contributed by atoms with Crippen LogP contribution in [0.1, 0.15) is 49.9 Å². The van der Waals surface area contributed by atoms with Crippen LogP contribution < -0.4 is 10.6 Å². The second-order valence-electron chi connectivity index (χ2n) is 7.56. The van der Waals surface area contributed by atoms with Gasteiger partial charge in [0, 0.05) is 16.5 Å². The molecule has 2 fully saturated rings. The Morgan fingerprint density at radius 1 is 1.33 bits per heavy atom. The van der Waals surface area contributed by atoms with Crippen LogP contribution in [0.3, 0.4) is 0 Å². The van der Waals surface area contributed by atoms with Crippen LogP contribution in [0.5, 0.6) is 0 Å². The molecule has 3 aliphatic rings. The van der Waals surface area contributed by atoms with Crippen LogP contribution in [0.25, 0.3) is 0 Å². The van der Waals surface area contributed by atoms with E-state index in [0.717, 1.165) is 22.4 Å². The molecule has 2 saturated carbocycles. The van der Waals surface area contributed by atoms with Crippen molar-refractivity contribution in [1.82, 2.24) is 5.32 Å². The standard InChI is InChI=1S/C19H24N2O2S/c1-10(15-8-12-3-4-13(15)7-12)20-19(23)14-5-6-17-16(9-14)21-18(22)11(2)24-17/h5-6,9-13,15H,3-4,7-8H2,1-2H3,(H,20,23)(H,21,22)/t10-,11+,12+,13+,15+/m1/s1. The molecule has 0 aromatic heterocycles. The van der Waals surface area contributed by atoms with Gasteiger partial charge in [0.1, 0.15) is 0 Å². The molecule has 2 N–H and O–H groups in total. The number of hydrogen-bond acceptors (Lipinski definition) is 3. The second-order valence-corrected chi connectivity index (χ2v) is 8.94. The van der Waals surface area contributed by atoms with Crippen LogP contribution in [0, 0.1) is 17.8 Å². The van der Waals surface area contributed by atoms with Crippen molar-refractivity contribution in [1.29, 1.82) is 0 Å². The number of nitrogens with one attached hydrogen (secondary N) is 2.